The fourth-order valence-corrected chi connectivity index (χ4v) is 4.54. The Labute approximate surface area is 220 Å². The molecular weight excluding hydrogens is 494 g/mol. The van der Waals surface area contributed by atoms with E-state index < -0.39 is 17.7 Å². The molecule has 7 nitrogen and oxygen atoms in total. The predicted octanol–water partition coefficient (Wildman–Crippen LogP) is 5.77. The minimum Gasteiger partial charge on any atom is -0.507 e. The third kappa shape index (κ3) is 5.42. The van der Waals surface area contributed by atoms with Crippen LogP contribution in [0, 0.1) is 0 Å². The molecule has 0 spiro atoms. The maximum atomic E-state index is 13.4. The van der Waals surface area contributed by atoms with Gasteiger partial charge >= 0.3 is 0 Å². The summed E-state index contributed by atoms with van der Waals surface area (Å²) in [7, 11) is 2.99. The highest BCUT2D eigenvalue weighted by Gasteiger charge is 2.46. The number of Topliss-reactive ketones (excluding diaryl/α,β-unsaturated/α-hetero) is 1. The van der Waals surface area contributed by atoms with Crippen LogP contribution in [0.5, 0.6) is 17.2 Å². The highest BCUT2D eigenvalue weighted by Crippen LogP contribution is 2.42. The van der Waals surface area contributed by atoms with Crippen LogP contribution in [0.15, 0.2) is 72.3 Å². The topological polar surface area (TPSA) is 85.3 Å². The number of aliphatic hydroxyl groups is 1. The summed E-state index contributed by atoms with van der Waals surface area (Å²) in [5.41, 5.74) is 1.67. The van der Waals surface area contributed by atoms with Gasteiger partial charge in [0, 0.05) is 12.1 Å². The number of hydrogen-bond acceptors (Lipinski definition) is 6. The molecule has 1 fully saturated rings. The smallest absolute Gasteiger partial charge is 0.295 e. The third-order valence-corrected chi connectivity index (χ3v) is 6.31. The number of nitrogens with zero attached hydrogens (tertiary/aromatic N) is 1. The Hall–Kier alpha value is -3.97. The van der Waals surface area contributed by atoms with Crippen LogP contribution < -0.4 is 14.2 Å². The molecule has 1 aliphatic heterocycles. The Kier molecular flexibility index (Phi) is 7.74. The van der Waals surface area contributed by atoms with E-state index in [0.717, 1.165) is 5.56 Å². The van der Waals surface area contributed by atoms with Gasteiger partial charge in [0.2, 0.25) is 0 Å². The van der Waals surface area contributed by atoms with Gasteiger partial charge in [0.15, 0.2) is 0 Å². The highest BCUT2D eigenvalue weighted by atomic mass is 35.5. The lowest BCUT2D eigenvalue weighted by Crippen LogP contribution is -2.29. The number of carbonyl (C=O) groups excluding carboxylic acids is 2. The largest absolute Gasteiger partial charge is 0.507 e. The van der Waals surface area contributed by atoms with Crippen molar-refractivity contribution in [2.75, 3.05) is 14.2 Å². The predicted molar refractivity (Wildman–Crippen MR) is 141 cm³/mol. The molecule has 192 valence electrons. The first-order chi connectivity index (χ1) is 17.7. The Morgan fingerprint density at radius 3 is 2.41 bits per heavy atom. The lowest BCUT2D eigenvalue weighted by Gasteiger charge is -2.26. The van der Waals surface area contributed by atoms with Gasteiger partial charge in [-0.1, -0.05) is 35.9 Å². The summed E-state index contributed by atoms with van der Waals surface area (Å²) in [5, 5.41) is 11.7. The molecule has 0 aromatic heterocycles. The van der Waals surface area contributed by atoms with Crippen molar-refractivity contribution in [1.82, 2.24) is 4.90 Å². The van der Waals surface area contributed by atoms with E-state index in [1.54, 1.807) is 36.4 Å². The maximum Gasteiger partial charge on any atom is 0.295 e. The van der Waals surface area contributed by atoms with E-state index in [4.69, 9.17) is 25.8 Å². The van der Waals surface area contributed by atoms with Crippen LogP contribution in [0.3, 0.4) is 0 Å². The molecule has 4 rings (SSSR count). The van der Waals surface area contributed by atoms with E-state index in [0.29, 0.717) is 33.4 Å². The van der Waals surface area contributed by atoms with Crippen LogP contribution in [-0.2, 0) is 16.1 Å². The van der Waals surface area contributed by atoms with Gasteiger partial charge in [0.1, 0.15) is 23.0 Å². The Morgan fingerprint density at radius 1 is 0.973 bits per heavy atom. The van der Waals surface area contributed by atoms with E-state index in [2.05, 4.69) is 0 Å². The van der Waals surface area contributed by atoms with Crippen LogP contribution in [0.1, 0.15) is 36.6 Å². The number of likely N-dealkylation sites (tertiary alicyclic amines) is 1. The first kappa shape index (κ1) is 26.1. The van der Waals surface area contributed by atoms with Crippen molar-refractivity contribution in [3.8, 4) is 17.2 Å². The molecule has 1 saturated heterocycles. The van der Waals surface area contributed by atoms with Crippen LogP contribution in [0.4, 0.5) is 0 Å². The van der Waals surface area contributed by atoms with E-state index in [-0.39, 0.29) is 24.0 Å². The van der Waals surface area contributed by atoms with Gasteiger partial charge < -0.3 is 24.2 Å². The Morgan fingerprint density at radius 2 is 1.70 bits per heavy atom. The van der Waals surface area contributed by atoms with Crippen molar-refractivity contribution >= 4 is 29.1 Å². The lowest BCUT2D eigenvalue weighted by atomic mass is 9.95. The zero-order valence-corrected chi connectivity index (χ0v) is 21.8. The maximum absolute atomic E-state index is 13.4. The second kappa shape index (κ2) is 11.0. The van der Waals surface area contributed by atoms with Gasteiger partial charge in [-0.25, -0.2) is 0 Å². The fourth-order valence-electron chi connectivity index (χ4n) is 4.35. The summed E-state index contributed by atoms with van der Waals surface area (Å²) in [5.74, 6) is -0.265. The molecule has 1 N–H and O–H groups in total. The zero-order chi connectivity index (χ0) is 26.7. The number of rotatable bonds is 8. The highest BCUT2D eigenvalue weighted by molar-refractivity contribution is 6.46. The van der Waals surface area contributed by atoms with Crippen molar-refractivity contribution in [3.63, 3.8) is 0 Å². The van der Waals surface area contributed by atoms with E-state index in [9.17, 15) is 14.7 Å². The number of ether oxygens (including phenoxy) is 3. The van der Waals surface area contributed by atoms with Gasteiger partial charge in [-0.2, -0.15) is 0 Å². The van der Waals surface area contributed by atoms with Gasteiger partial charge in [0.25, 0.3) is 11.7 Å². The van der Waals surface area contributed by atoms with Crippen LogP contribution in [-0.4, -0.2) is 42.0 Å². The number of halogens is 1. The zero-order valence-electron chi connectivity index (χ0n) is 21.0. The quantitative estimate of drug-likeness (QED) is 0.230. The van der Waals surface area contributed by atoms with Crippen LogP contribution >= 0.6 is 11.6 Å². The molecule has 1 unspecified atom stereocenters. The minimum absolute atomic E-state index is 0.0161. The molecule has 1 heterocycles. The summed E-state index contributed by atoms with van der Waals surface area (Å²) in [6.07, 6.45) is -0.0161. The first-order valence-electron chi connectivity index (χ1n) is 11.7. The van der Waals surface area contributed by atoms with Crippen molar-refractivity contribution < 1.29 is 28.9 Å². The number of methoxy groups -OCH3 is 2. The van der Waals surface area contributed by atoms with Crippen molar-refractivity contribution in [2.24, 2.45) is 0 Å². The average Bonchev–Trinajstić information content (AvgIpc) is 3.13. The fraction of sp³-hybridized carbons (Fsp3) is 0.241. The third-order valence-electron chi connectivity index (χ3n) is 6.00. The molecule has 0 radical (unpaired) electrons. The van der Waals surface area contributed by atoms with Crippen molar-refractivity contribution in [3.05, 3.63) is 94.0 Å². The summed E-state index contributed by atoms with van der Waals surface area (Å²) in [6.45, 7) is 3.99. The SMILES string of the molecule is COc1cccc(C2/C(=C(/O)c3ccc(Cl)c(OC)c3)C(=O)C(=O)N2Cc2cccc(OC(C)C)c2)c1. The number of aliphatic hydroxyl groups excluding tert-OH is 1. The standard InChI is InChI=1S/C29H28ClNO6/c1-17(2)37-22-10-5-7-18(13-22)16-31-26(19-8-6-9-21(14-19)35-3)25(28(33)29(31)34)27(32)20-11-12-23(30)24(15-20)36-4/h5-15,17,26,32H,16H2,1-4H3/b27-25-. The molecule has 3 aromatic rings. The number of hydrogen-bond donors (Lipinski definition) is 1. The number of amides is 1. The van der Waals surface area contributed by atoms with Gasteiger partial charge in [0.05, 0.1) is 37.0 Å². The summed E-state index contributed by atoms with van der Waals surface area (Å²) in [6, 6.07) is 18.3. The second-order valence-corrected chi connectivity index (χ2v) is 9.27. The first-order valence-corrected chi connectivity index (χ1v) is 12.1. The Balaban J connectivity index is 1.84. The van der Waals surface area contributed by atoms with Crippen molar-refractivity contribution in [1.29, 1.82) is 0 Å². The van der Waals surface area contributed by atoms with E-state index in [1.165, 1.54) is 25.2 Å². The summed E-state index contributed by atoms with van der Waals surface area (Å²) < 4.78 is 16.5. The molecule has 3 aromatic carbocycles. The molecule has 1 atom stereocenters. The molecule has 0 saturated carbocycles. The van der Waals surface area contributed by atoms with E-state index in [1.807, 2.05) is 38.1 Å². The number of benzene rings is 3. The monoisotopic (exact) mass is 521 g/mol. The van der Waals surface area contributed by atoms with Crippen LogP contribution in [0.25, 0.3) is 5.76 Å². The van der Waals surface area contributed by atoms with Crippen LogP contribution in [0.2, 0.25) is 5.02 Å². The average molecular weight is 522 g/mol. The summed E-state index contributed by atoms with van der Waals surface area (Å²) >= 11 is 6.15. The Bertz CT molecular complexity index is 1370. The van der Waals surface area contributed by atoms with E-state index >= 15 is 0 Å². The summed E-state index contributed by atoms with van der Waals surface area (Å²) in [4.78, 5) is 28.2. The number of carbonyl (C=O) groups is 2. The molecule has 1 aliphatic rings. The molecule has 0 aliphatic carbocycles. The lowest BCUT2D eigenvalue weighted by molar-refractivity contribution is -0.140. The normalized spacial score (nSPS) is 16.8. The van der Waals surface area contributed by atoms with Gasteiger partial charge in [-0.3, -0.25) is 9.59 Å². The van der Waals surface area contributed by atoms with Gasteiger partial charge in [-0.15, -0.1) is 0 Å². The second-order valence-electron chi connectivity index (χ2n) is 8.87. The number of ketones is 1. The van der Waals surface area contributed by atoms with Crippen molar-refractivity contribution in [2.45, 2.75) is 32.5 Å². The molecule has 8 heteroatoms. The molecule has 37 heavy (non-hydrogen) atoms. The molecule has 0 bridgehead atoms. The molecule has 1 amide bonds. The van der Waals surface area contributed by atoms with Gasteiger partial charge in [-0.05, 0) is 67.4 Å². The molecular formula is C29H28ClNO6. The minimum atomic E-state index is -0.855.